The number of hydrogen-bond donors (Lipinski definition) is 1. The number of ether oxygens (including phenoxy) is 2. The van der Waals surface area contributed by atoms with E-state index in [1.807, 2.05) is 18.2 Å². The molecule has 1 aromatic carbocycles. The first-order valence-corrected chi connectivity index (χ1v) is 10.8. The van der Waals surface area contributed by atoms with Crippen LogP contribution in [0, 0.1) is 5.92 Å². The van der Waals surface area contributed by atoms with E-state index < -0.39 is 0 Å². The lowest BCUT2D eigenvalue weighted by Crippen LogP contribution is -2.32. The molecule has 0 fully saturated rings. The highest BCUT2D eigenvalue weighted by molar-refractivity contribution is 7.15. The average molecular weight is 428 g/mol. The number of aromatic nitrogens is 4. The number of hydrogen-bond acceptors (Lipinski definition) is 7. The second kappa shape index (κ2) is 8.43. The molecule has 1 atom stereocenters. The van der Waals surface area contributed by atoms with Gasteiger partial charge in [-0.3, -0.25) is 4.79 Å². The molecule has 30 heavy (non-hydrogen) atoms. The van der Waals surface area contributed by atoms with Crippen molar-refractivity contribution in [3.8, 4) is 16.5 Å². The van der Waals surface area contributed by atoms with Gasteiger partial charge in [-0.05, 0) is 58.9 Å². The van der Waals surface area contributed by atoms with Gasteiger partial charge in [0, 0.05) is 4.88 Å². The number of carbonyl (C=O) groups is 1. The fraction of sp³-hybridized carbons (Fsp3) is 0.429. The summed E-state index contributed by atoms with van der Waals surface area (Å²) in [7, 11) is 3.22. The van der Waals surface area contributed by atoms with Gasteiger partial charge in [0.2, 0.25) is 0 Å². The molecule has 0 radical (unpaired) electrons. The third-order valence-corrected chi connectivity index (χ3v) is 6.69. The van der Waals surface area contributed by atoms with Crippen LogP contribution in [-0.4, -0.2) is 40.3 Å². The van der Waals surface area contributed by atoms with Crippen LogP contribution < -0.4 is 14.8 Å². The second-order valence-electron chi connectivity index (χ2n) is 7.60. The molecule has 4 rings (SSSR count). The zero-order chi connectivity index (χ0) is 21.3. The Labute approximate surface area is 179 Å². The highest BCUT2D eigenvalue weighted by Gasteiger charge is 2.30. The van der Waals surface area contributed by atoms with Gasteiger partial charge in [-0.2, -0.15) is 4.68 Å². The highest BCUT2D eigenvalue weighted by atomic mass is 32.1. The summed E-state index contributed by atoms with van der Waals surface area (Å²) in [5, 5.41) is 15.5. The molecule has 3 aromatic rings. The molecule has 0 aliphatic heterocycles. The Hall–Kier alpha value is -2.94. The molecule has 1 unspecified atom stereocenters. The molecule has 8 nitrogen and oxygen atoms in total. The van der Waals surface area contributed by atoms with Crippen molar-refractivity contribution in [1.82, 2.24) is 25.5 Å². The van der Waals surface area contributed by atoms with Crippen molar-refractivity contribution in [3.63, 3.8) is 0 Å². The minimum Gasteiger partial charge on any atom is -0.493 e. The van der Waals surface area contributed by atoms with Gasteiger partial charge in [-0.15, -0.1) is 16.4 Å². The monoisotopic (exact) mass is 427 g/mol. The predicted molar refractivity (Wildman–Crippen MR) is 114 cm³/mol. The van der Waals surface area contributed by atoms with E-state index in [1.54, 1.807) is 30.2 Å². The first-order valence-electron chi connectivity index (χ1n) is 9.94. The maximum atomic E-state index is 13.5. The van der Waals surface area contributed by atoms with Gasteiger partial charge in [0.05, 0.1) is 25.8 Å². The molecule has 0 spiro atoms. The van der Waals surface area contributed by atoms with Crippen LogP contribution in [0.15, 0.2) is 24.5 Å². The van der Waals surface area contributed by atoms with Crippen molar-refractivity contribution in [2.45, 2.75) is 39.2 Å². The number of carbonyl (C=O) groups excluding carboxylic acids is 1. The van der Waals surface area contributed by atoms with Crippen LogP contribution >= 0.6 is 11.3 Å². The molecular weight excluding hydrogens is 402 g/mol. The summed E-state index contributed by atoms with van der Waals surface area (Å²) >= 11 is 1.60. The molecule has 2 aromatic heterocycles. The summed E-state index contributed by atoms with van der Waals surface area (Å²) in [5.74, 6) is 1.37. The van der Waals surface area contributed by atoms with Crippen molar-refractivity contribution in [2.75, 3.05) is 14.2 Å². The van der Waals surface area contributed by atoms with Gasteiger partial charge < -0.3 is 14.8 Å². The van der Waals surface area contributed by atoms with Gasteiger partial charge >= 0.3 is 0 Å². The average Bonchev–Trinajstić information content (AvgIpc) is 3.47. The Balaban J connectivity index is 1.69. The Kier molecular flexibility index (Phi) is 5.72. The molecule has 1 aliphatic rings. The summed E-state index contributed by atoms with van der Waals surface area (Å²) in [6, 6.07) is 5.57. The molecule has 158 valence electrons. The number of methoxy groups -OCH3 is 2. The maximum absolute atomic E-state index is 13.5. The Morgan fingerprint density at radius 1 is 1.20 bits per heavy atom. The molecule has 1 N–H and O–H groups in total. The van der Waals surface area contributed by atoms with Gasteiger partial charge in [0.1, 0.15) is 11.3 Å². The van der Waals surface area contributed by atoms with Gasteiger partial charge in [-0.1, -0.05) is 19.9 Å². The summed E-state index contributed by atoms with van der Waals surface area (Å²) in [4.78, 5) is 14.8. The normalized spacial score (nSPS) is 13.9. The fourth-order valence-electron chi connectivity index (χ4n) is 3.93. The van der Waals surface area contributed by atoms with E-state index in [9.17, 15) is 4.79 Å². The van der Waals surface area contributed by atoms with Gasteiger partial charge in [0.15, 0.2) is 11.5 Å². The maximum Gasteiger partial charge on any atom is 0.255 e. The summed E-state index contributed by atoms with van der Waals surface area (Å²) in [5.41, 5.74) is 2.77. The minimum absolute atomic E-state index is 0.103. The van der Waals surface area contributed by atoms with Crippen molar-refractivity contribution in [3.05, 3.63) is 46.1 Å². The van der Waals surface area contributed by atoms with Gasteiger partial charge in [0.25, 0.3) is 5.91 Å². The number of nitrogens with one attached hydrogen (secondary N) is 1. The number of tetrazole rings is 1. The van der Waals surface area contributed by atoms with Crippen LogP contribution in [0.2, 0.25) is 0 Å². The molecule has 2 heterocycles. The number of thiophene rings is 1. The summed E-state index contributed by atoms with van der Waals surface area (Å²) < 4.78 is 12.4. The van der Waals surface area contributed by atoms with Crippen molar-refractivity contribution >= 4 is 17.2 Å². The van der Waals surface area contributed by atoms with E-state index in [2.05, 4.69) is 34.7 Å². The lowest BCUT2D eigenvalue weighted by molar-refractivity contribution is 0.0925. The van der Waals surface area contributed by atoms with E-state index in [4.69, 9.17) is 9.47 Å². The number of rotatable bonds is 7. The molecule has 0 bridgehead atoms. The highest BCUT2D eigenvalue weighted by Crippen LogP contribution is 2.38. The molecule has 0 saturated heterocycles. The molecule has 1 aliphatic carbocycles. The number of nitrogens with zero attached hydrogens (tertiary/aromatic N) is 4. The van der Waals surface area contributed by atoms with E-state index >= 15 is 0 Å². The molecule has 1 amide bonds. The number of amides is 1. The standard InChI is InChI=1S/C21H25N5O3S/c1-12(2)19(13-8-9-15(28-3)16(10-13)29-4)23-20(27)18-14-6-5-7-17(14)30-21(18)26-11-22-24-25-26/h8-12,19H,5-7H2,1-4H3,(H,23,27). The van der Waals surface area contributed by atoms with Crippen LogP contribution in [0.5, 0.6) is 11.5 Å². The molecule has 9 heteroatoms. The Morgan fingerprint density at radius 2 is 2.00 bits per heavy atom. The summed E-state index contributed by atoms with van der Waals surface area (Å²) in [6.07, 6.45) is 4.50. The second-order valence-corrected chi connectivity index (χ2v) is 8.69. The van der Waals surface area contributed by atoms with E-state index in [0.29, 0.717) is 17.1 Å². The minimum atomic E-state index is -0.184. The van der Waals surface area contributed by atoms with Crippen LogP contribution in [0.25, 0.3) is 5.00 Å². The molecule has 0 saturated carbocycles. The largest absolute Gasteiger partial charge is 0.493 e. The van der Waals surface area contributed by atoms with Gasteiger partial charge in [-0.25, -0.2) is 0 Å². The third-order valence-electron chi connectivity index (χ3n) is 5.41. The number of aryl methyl sites for hydroxylation is 1. The fourth-order valence-corrected chi connectivity index (χ4v) is 5.24. The topological polar surface area (TPSA) is 91.2 Å². The van der Waals surface area contributed by atoms with Crippen LogP contribution in [0.4, 0.5) is 0 Å². The van der Waals surface area contributed by atoms with E-state index in [0.717, 1.165) is 35.4 Å². The Bertz CT molecular complexity index is 1050. The van der Waals surface area contributed by atoms with Crippen LogP contribution in [-0.2, 0) is 12.8 Å². The smallest absolute Gasteiger partial charge is 0.255 e. The van der Waals surface area contributed by atoms with Crippen molar-refractivity contribution in [1.29, 1.82) is 0 Å². The number of benzene rings is 1. The SMILES string of the molecule is COc1ccc(C(NC(=O)c2c(-n3cnnn3)sc3c2CCC3)C(C)C)cc1OC. The third kappa shape index (κ3) is 3.65. The first-order chi connectivity index (χ1) is 14.5. The van der Waals surface area contributed by atoms with Crippen molar-refractivity contribution in [2.24, 2.45) is 5.92 Å². The lowest BCUT2D eigenvalue weighted by atomic mass is 9.95. The zero-order valence-electron chi connectivity index (χ0n) is 17.5. The predicted octanol–water partition coefficient (Wildman–Crippen LogP) is 3.36. The lowest BCUT2D eigenvalue weighted by Gasteiger charge is -2.24. The summed E-state index contributed by atoms with van der Waals surface area (Å²) in [6.45, 7) is 4.17. The zero-order valence-corrected chi connectivity index (χ0v) is 18.3. The van der Waals surface area contributed by atoms with E-state index in [1.165, 1.54) is 11.2 Å². The van der Waals surface area contributed by atoms with E-state index in [-0.39, 0.29) is 17.9 Å². The first kappa shape index (κ1) is 20.3. The molecular formula is C21H25N5O3S. The van der Waals surface area contributed by atoms with Crippen LogP contribution in [0.1, 0.15) is 52.7 Å². The number of fused-ring (bicyclic) bond motifs is 1. The van der Waals surface area contributed by atoms with Crippen molar-refractivity contribution < 1.29 is 14.3 Å². The van der Waals surface area contributed by atoms with Crippen LogP contribution in [0.3, 0.4) is 0 Å². The quantitative estimate of drug-likeness (QED) is 0.622. The Morgan fingerprint density at radius 3 is 2.67 bits per heavy atom.